The molecule has 0 unspecified atom stereocenters. The Kier molecular flexibility index (Phi) is 5.43. The number of aromatic nitrogens is 3. The molecule has 0 radical (unpaired) electrons. The lowest BCUT2D eigenvalue weighted by Crippen LogP contribution is -2.38. The predicted molar refractivity (Wildman–Crippen MR) is 92.6 cm³/mol. The van der Waals surface area contributed by atoms with Gasteiger partial charge in [-0.1, -0.05) is 25.1 Å². The molecule has 1 amide bonds. The van der Waals surface area contributed by atoms with Crippen molar-refractivity contribution in [1.82, 2.24) is 24.9 Å². The van der Waals surface area contributed by atoms with Crippen LogP contribution in [0.4, 0.5) is 0 Å². The van der Waals surface area contributed by atoms with E-state index in [0.717, 1.165) is 24.9 Å². The molecule has 1 saturated heterocycles. The topological polar surface area (TPSA) is 75.4 Å². The minimum Gasteiger partial charge on any atom is -0.337 e. The molecule has 0 spiro atoms. The number of likely N-dealkylation sites (N-methyl/N-ethyl adjacent to an activating group) is 1. The number of nitrogens with zero attached hydrogens (tertiary/aromatic N) is 5. The zero-order valence-electron chi connectivity index (χ0n) is 15.1. The number of hydrogen-bond acceptors (Lipinski definition) is 6. The van der Waals surface area contributed by atoms with E-state index in [0.29, 0.717) is 24.8 Å². The normalized spacial score (nSPS) is 17.6. The van der Waals surface area contributed by atoms with Crippen LogP contribution >= 0.6 is 0 Å². The first kappa shape index (κ1) is 17.5. The van der Waals surface area contributed by atoms with Gasteiger partial charge in [-0.25, -0.2) is 0 Å². The molecule has 2 aromatic heterocycles. The molecule has 1 aliphatic heterocycles. The molecule has 0 aliphatic carbocycles. The van der Waals surface area contributed by atoms with E-state index in [2.05, 4.69) is 15.1 Å². The Morgan fingerprint density at radius 1 is 1.48 bits per heavy atom. The summed E-state index contributed by atoms with van der Waals surface area (Å²) < 4.78 is 5.41. The standard InChI is InChI=1S/C18H25N5O2/c1-13(2)17-20-18(25-21-17)15-7-5-9-23(15)16(24)12-22(3)11-14-6-4-8-19-10-14/h4,6,8,10,13,15H,5,7,9,11-12H2,1-3H3/t15-/m0/s1. The summed E-state index contributed by atoms with van der Waals surface area (Å²) in [5.41, 5.74) is 1.09. The van der Waals surface area contributed by atoms with Crippen molar-refractivity contribution in [2.45, 2.75) is 45.2 Å². The molecule has 1 fully saturated rings. The van der Waals surface area contributed by atoms with E-state index in [4.69, 9.17) is 4.52 Å². The van der Waals surface area contributed by atoms with Gasteiger partial charge in [0.25, 0.3) is 0 Å². The Labute approximate surface area is 148 Å². The van der Waals surface area contributed by atoms with Gasteiger partial charge in [-0.3, -0.25) is 14.7 Å². The lowest BCUT2D eigenvalue weighted by atomic mass is 10.2. The highest BCUT2D eigenvalue weighted by Gasteiger charge is 2.34. The molecule has 1 aliphatic rings. The van der Waals surface area contributed by atoms with Crippen molar-refractivity contribution in [2.24, 2.45) is 0 Å². The van der Waals surface area contributed by atoms with Gasteiger partial charge in [0.2, 0.25) is 11.8 Å². The van der Waals surface area contributed by atoms with E-state index in [1.807, 2.05) is 49.0 Å². The molecule has 2 aromatic rings. The Balaban J connectivity index is 1.62. The Bertz CT molecular complexity index is 701. The average Bonchev–Trinajstić information content (AvgIpc) is 3.24. The van der Waals surface area contributed by atoms with E-state index in [-0.39, 0.29) is 17.9 Å². The number of pyridine rings is 1. The fourth-order valence-electron chi connectivity index (χ4n) is 3.12. The SMILES string of the molecule is CC(C)c1noc([C@@H]2CCCN2C(=O)CN(C)Cc2cccnc2)n1. The fraction of sp³-hybridized carbons (Fsp3) is 0.556. The van der Waals surface area contributed by atoms with Gasteiger partial charge < -0.3 is 9.42 Å². The lowest BCUT2D eigenvalue weighted by molar-refractivity contribution is -0.133. The van der Waals surface area contributed by atoms with Gasteiger partial charge in [0.1, 0.15) is 6.04 Å². The average molecular weight is 343 g/mol. The van der Waals surface area contributed by atoms with E-state index in [9.17, 15) is 4.79 Å². The van der Waals surface area contributed by atoms with Crippen LogP contribution in [-0.4, -0.2) is 51.0 Å². The van der Waals surface area contributed by atoms with Crippen molar-refractivity contribution < 1.29 is 9.32 Å². The first-order valence-electron chi connectivity index (χ1n) is 8.75. The van der Waals surface area contributed by atoms with Crippen molar-refractivity contribution in [2.75, 3.05) is 20.1 Å². The second-order valence-electron chi connectivity index (χ2n) is 6.92. The smallest absolute Gasteiger partial charge is 0.249 e. The van der Waals surface area contributed by atoms with Crippen LogP contribution < -0.4 is 0 Å². The second kappa shape index (κ2) is 7.74. The monoisotopic (exact) mass is 343 g/mol. The highest BCUT2D eigenvalue weighted by Crippen LogP contribution is 2.31. The van der Waals surface area contributed by atoms with Crippen molar-refractivity contribution in [3.05, 3.63) is 41.8 Å². The molecule has 25 heavy (non-hydrogen) atoms. The first-order chi connectivity index (χ1) is 12.0. The van der Waals surface area contributed by atoms with Crippen LogP contribution in [0, 0.1) is 0 Å². The zero-order chi connectivity index (χ0) is 17.8. The summed E-state index contributed by atoms with van der Waals surface area (Å²) in [6.45, 7) is 5.84. The van der Waals surface area contributed by atoms with E-state index < -0.39 is 0 Å². The summed E-state index contributed by atoms with van der Waals surface area (Å²) in [5.74, 6) is 1.57. The molecule has 7 heteroatoms. The van der Waals surface area contributed by atoms with Gasteiger partial charge in [0.05, 0.1) is 6.54 Å². The summed E-state index contributed by atoms with van der Waals surface area (Å²) in [6, 6.07) is 3.82. The molecule has 0 saturated carbocycles. The van der Waals surface area contributed by atoms with E-state index >= 15 is 0 Å². The highest BCUT2D eigenvalue weighted by molar-refractivity contribution is 5.79. The Hall–Kier alpha value is -2.28. The fourth-order valence-corrected chi connectivity index (χ4v) is 3.12. The number of carbonyl (C=O) groups is 1. The van der Waals surface area contributed by atoms with Crippen molar-refractivity contribution in [3.8, 4) is 0 Å². The van der Waals surface area contributed by atoms with Gasteiger partial charge in [-0.2, -0.15) is 4.98 Å². The predicted octanol–water partition coefficient (Wildman–Crippen LogP) is 2.38. The van der Waals surface area contributed by atoms with E-state index in [1.54, 1.807) is 6.20 Å². The number of carbonyl (C=O) groups excluding carboxylic acids is 1. The van der Waals surface area contributed by atoms with Gasteiger partial charge in [0, 0.05) is 31.4 Å². The Morgan fingerprint density at radius 3 is 3.00 bits per heavy atom. The van der Waals surface area contributed by atoms with Crippen LogP contribution in [-0.2, 0) is 11.3 Å². The van der Waals surface area contributed by atoms with Crippen molar-refractivity contribution in [3.63, 3.8) is 0 Å². The third-order valence-corrected chi connectivity index (χ3v) is 4.41. The third kappa shape index (κ3) is 4.22. The van der Waals surface area contributed by atoms with Gasteiger partial charge in [0.15, 0.2) is 5.82 Å². The zero-order valence-corrected chi connectivity index (χ0v) is 15.1. The summed E-state index contributed by atoms with van der Waals surface area (Å²) in [5, 5.41) is 4.03. The Morgan fingerprint density at radius 2 is 2.32 bits per heavy atom. The summed E-state index contributed by atoms with van der Waals surface area (Å²) in [4.78, 5) is 25.2. The molecule has 0 N–H and O–H groups in total. The van der Waals surface area contributed by atoms with Crippen LogP contribution in [0.25, 0.3) is 0 Å². The minimum atomic E-state index is -0.0979. The maximum Gasteiger partial charge on any atom is 0.249 e. The molecular weight excluding hydrogens is 318 g/mol. The molecule has 7 nitrogen and oxygen atoms in total. The molecule has 0 bridgehead atoms. The van der Waals surface area contributed by atoms with E-state index in [1.165, 1.54) is 0 Å². The summed E-state index contributed by atoms with van der Waals surface area (Å²) in [7, 11) is 1.94. The quantitative estimate of drug-likeness (QED) is 0.802. The number of rotatable bonds is 6. The first-order valence-corrected chi connectivity index (χ1v) is 8.75. The van der Waals surface area contributed by atoms with Gasteiger partial charge >= 0.3 is 0 Å². The van der Waals surface area contributed by atoms with Crippen LogP contribution in [0.15, 0.2) is 29.0 Å². The van der Waals surface area contributed by atoms with Crippen molar-refractivity contribution >= 4 is 5.91 Å². The highest BCUT2D eigenvalue weighted by atomic mass is 16.5. The molecule has 134 valence electrons. The molecular formula is C18H25N5O2. The molecule has 0 aromatic carbocycles. The lowest BCUT2D eigenvalue weighted by Gasteiger charge is -2.25. The van der Waals surface area contributed by atoms with Crippen LogP contribution in [0.2, 0.25) is 0 Å². The number of amides is 1. The molecule has 3 heterocycles. The molecule has 1 atom stereocenters. The minimum absolute atomic E-state index is 0.0955. The van der Waals surface area contributed by atoms with Crippen LogP contribution in [0.3, 0.4) is 0 Å². The largest absolute Gasteiger partial charge is 0.337 e. The maximum absolute atomic E-state index is 12.7. The van der Waals surface area contributed by atoms with Crippen molar-refractivity contribution in [1.29, 1.82) is 0 Å². The van der Waals surface area contributed by atoms with Crippen LogP contribution in [0.5, 0.6) is 0 Å². The van der Waals surface area contributed by atoms with Crippen LogP contribution in [0.1, 0.15) is 55.9 Å². The molecule has 3 rings (SSSR count). The number of hydrogen-bond donors (Lipinski definition) is 0. The second-order valence-corrected chi connectivity index (χ2v) is 6.92. The maximum atomic E-state index is 12.7. The third-order valence-electron chi connectivity index (χ3n) is 4.41. The summed E-state index contributed by atoms with van der Waals surface area (Å²) >= 11 is 0. The number of likely N-dealkylation sites (tertiary alicyclic amines) is 1. The van der Waals surface area contributed by atoms with Gasteiger partial charge in [-0.05, 0) is 31.5 Å². The summed E-state index contributed by atoms with van der Waals surface area (Å²) in [6.07, 6.45) is 5.41. The van der Waals surface area contributed by atoms with Gasteiger partial charge in [-0.15, -0.1) is 0 Å².